The van der Waals surface area contributed by atoms with Gasteiger partial charge in [-0.05, 0) is 29.7 Å². The van der Waals surface area contributed by atoms with Gasteiger partial charge in [0.2, 0.25) is 0 Å². The van der Waals surface area contributed by atoms with Crippen LogP contribution in [0.5, 0.6) is 11.5 Å². The highest BCUT2D eigenvalue weighted by Crippen LogP contribution is 2.32. The minimum Gasteiger partial charge on any atom is -0.504 e. The number of imidazole rings is 1. The molecule has 0 bridgehead atoms. The summed E-state index contributed by atoms with van der Waals surface area (Å²) in [6, 6.07) is 37.2. The molecule has 0 unspecified atom stereocenters. The van der Waals surface area contributed by atoms with E-state index in [0.717, 1.165) is 54.1 Å². The Bertz CT molecular complexity index is 1500. The fourth-order valence-corrected chi connectivity index (χ4v) is 5.14. The van der Waals surface area contributed by atoms with Crippen molar-refractivity contribution in [3.63, 3.8) is 0 Å². The van der Waals surface area contributed by atoms with Gasteiger partial charge in [-0.15, -0.1) is 0 Å². The number of ether oxygens (including phenoxy) is 1. The SMILES string of the molecule is CCCCn1c(-c2ccccc2)nc(-c2ccccc2)c1CN(Cc1ccccc1)Cc1ccc(O)c(OC)c1. The Balaban J connectivity index is 1.61. The number of aromatic nitrogens is 2. The van der Waals surface area contributed by atoms with Gasteiger partial charge in [0.15, 0.2) is 11.5 Å². The molecule has 1 aromatic heterocycles. The number of nitrogens with zero attached hydrogens (tertiary/aromatic N) is 3. The van der Waals surface area contributed by atoms with Gasteiger partial charge < -0.3 is 14.4 Å². The smallest absolute Gasteiger partial charge is 0.160 e. The molecule has 0 atom stereocenters. The maximum atomic E-state index is 10.2. The zero-order valence-corrected chi connectivity index (χ0v) is 23.3. The Hall–Kier alpha value is -4.35. The number of hydrogen-bond donors (Lipinski definition) is 1. The van der Waals surface area contributed by atoms with E-state index in [2.05, 4.69) is 107 Å². The van der Waals surface area contributed by atoms with E-state index in [1.54, 1.807) is 13.2 Å². The van der Waals surface area contributed by atoms with Crippen LogP contribution in [0.4, 0.5) is 0 Å². The van der Waals surface area contributed by atoms with Gasteiger partial charge in [-0.1, -0.05) is 110 Å². The largest absolute Gasteiger partial charge is 0.504 e. The number of phenols is 1. The molecule has 0 aliphatic rings. The molecule has 0 amide bonds. The Labute approximate surface area is 237 Å². The number of hydrogen-bond acceptors (Lipinski definition) is 4. The van der Waals surface area contributed by atoms with Gasteiger partial charge in [-0.25, -0.2) is 4.98 Å². The predicted octanol–water partition coefficient (Wildman–Crippen LogP) is 7.93. The summed E-state index contributed by atoms with van der Waals surface area (Å²) >= 11 is 0. The molecular formula is C35H37N3O2. The average Bonchev–Trinajstić information content (AvgIpc) is 3.36. The molecule has 0 spiro atoms. The lowest BCUT2D eigenvalue weighted by Crippen LogP contribution is -2.24. The molecule has 5 nitrogen and oxygen atoms in total. The third-order valence-corrected chi connectivity index (χ3v) is 7.16. The molecule has 0 aliphatic carbocycles. The van der Waals surface area contributed by atoms with Gasteiger partial charge >= 0.3 is 0 Å². The first-order valence-electron chi connectivity index (χ1n) is 14.0. The quantitative estimate of drug-likeness (QED) is 0.178. The second-order valence-electron chi connectivity index (χ2n) is 10.1. The average molecular weight is 532 g/mol. The first-order chi connectivity index (χ1) is 19.7. The third-order valence-electron chi connectivity index (χ3n) is 7.16. The highest BCUT2D eigenvalue weighted by Gasteiger charge is 2.22. The molecule has 5 aromatic rings. The molecule has 1 N–H and O–H groups in total. The lowest BCUT2D eigenvalue weighted by molar-refractivity contribution is 0.241. The van der Waals surface area contributed by atoms with E-state index in [0.29, 0.717) is 18.8 Å². The van der Waals surface area contributed by atoms with Crippen molar-refractivity contribution in [2.45, 2.75) is 45.9 Å². The molecule has 0 fully saturated rings. The molecular weight excluding hydrogens is 494 g/mol. The standard InChI is InChI=1S/C35H37N3O2/c1-3-4-22-38-31(34(29-16-10-6-11-17-29)36-35(38)30-18-12-7-13-19-30)26-37(24-27-14-8-5-9-15-27)25-28-20-21-32(39)33(23-28)40-2/h5-21,23,39H,3-4,22,24-26H2,1-2H3. The summed E-state index contributed by atoms with van der Waals surface area (Å²) in [6.07, 6.45) is 2.18. The number of methoxy groups -OCH3 is 1. The third kappa shape index (κ3) is 6.44. The van der Waals surface area contributed by atoms with E-state index < -0.39 is 0 Å². The molecule has 0 saturated carbocycles. The van der Waals surface area contributed by atoms with Crippen LogP contribution < -0.4 is 4.74 Å². The first-order valence-corrected chi connectivity index (χ1v) is 14.0. The lowest BCUT2D eigenvalue weighted by atomic mass is 10.1. The van der Waals surface area contributed by atoms with Gasteiger partial charge in [-0.2, -0.15) is 0 Å². The molecule has 40 heavy (non-hydrogen) atoms. The van der Waals surface area contributed by atoms with Crippen LogP contribution in [0.15, 0.2) is 109 Å². The maximum absolute atomic E-state index is 10.2. The van der Waals surface area contributed by atoms with Crippen molar-refractivity contribution in [2.75, 3.05) is 7.11 Å². The number of rotatable bonds is 12. The number of aromatic hydroxyl groups is 1. The summed E-state index contributed by atoms with van der Waals surface area (Å²) in [4.78, 5) is 7.74. The van der Waals surface area contributed by atoms with E-state index in [4.69, 9.17) is 9.72 Å². The topological polar surface area (TPSA) is 50.5 Å². The predicted molar refractivity (Wildman–Crippen MR) is 162 cm³/mol. The molecule has 5 rings (SSSR count). The summed E-state index contributed by atoms with van der Waals surface area (Å²) in [5, 5.41) is 10.2. The normalized spacial score (nSPS) is 11.2. The maximum Gasteiger partial charge on any atom is 0.160 e. The van der Waals surface area contributed by atoms with E-state index in [-0.39, 0.29) is 5.75 Å². The molecule has 0 radical (unpaired) electrons. The summed E-state index contributed by atoms with van der Waals surface area (Å²) in [5.41, 5.74) is 6.81. The summed E-state index contributed by atoms with van der Waals surface area (Å²) in [7, 11) is 1.59. The fraction of sp³-hybridized carbons (Fsp3) is 0.229. The van der Waals surface area contributed by atoms with E-state index in [1.165, 1.54) is 11.3 Å². The van der Waals surface area contributed by atoms with Crippen molar-refractivity contribution >= 4 is 0 Å². The number of unbranched alkanes of at least 4 members (excludes halogenated alkanes) is 1. The van der Waals surface area contributed by atoms with Crippen LogP contribution >= 0.6 is 0 Å². The zero-order chi connectivity index (χ0) is 27.7. The van der Waals surface area contributed by atoms with Crippen molar-refractivity contribution in [3.8, 4) is 34.1 Å². The highest BCUT2D eigenvalue weighted by atomic mass is 16.5. The molecule has 1 heterocycles. The van der Waals surface area contributed by atoms with E-state index >= 15 is 0 Å². The Morgan fingerprint density at radius 2 is 1.38 bits per heavy atom. The number of phenolic OH excluding ortho intramolecular Hbond substituents is 1. The van der Waals surface area contributed by atoms with Crippen LogP contribution in [-0.2, 0) is 26.2 Å². The summed E-state index contributed by atoms with van der Waals surface area (Å²) in [5.74, 6) is 1.65. The van der Waals surface area contributed by atoms with Crippen LogP contribution in [0, 0.1) is 0 Å². The van der Waals surface area contributed by atoms with Crippen molar-refractivity contribution in [3.05, 3.63) is 126 Å². The van der Waals surface area contributed by atoms with Gasteiger partial charge in [0, 0.05) is 37.3 Å². The zero-order valence-electron chi connectivity index (χ0n) is 23.3. The second-order valence-corrected chi connectivity index (χ2v) is 10.1. The summed E-state index contributed by atoms with van der Waals surface area (Å²) in [6.45, 7) is 5.32. The minimum absolute atomic E-state index is 0.150. The molecule has 204 valence electrons. The van der Waals surface area contributed by atoms with Crippen LogP contribution in [0.3, 0.4) is 0 Å². The minimum atomic E-state index is 0.150. The Morgan fingerprint density at radius 1 is 0.750 bits per heavy atom. The van der Waals surface area contributed by atoms with Gasteiger partial charge in [0.1, 0.15) is 5.82 Å². The first kappa shape index (κ1) is 27.2. The lowest BCUT2D eigenvalue weighted by Gasteiger charge is -2.25. The van der Waals surface area contributed by atoms with Crippen molar-refractivity contribution in [1.29, 1.82) is 0 Å². The Morgan fingerprint density at radius 3 is 2.02 bits per heavy atom. The van der Waals surface area contributed by atoms with Crippen molar-refractivity contribution in [1.82, 2.24) is 14.5 Å². The van der Waals surface area contributed by atoms with E-state index in [1.807, 2.05) is 12.1 Å². The van der Waals surface area contributed by atoms with Gasteiger partial charge in [0.05, 0.1) is 18.5 Å². The second kappa shape index (κ2) is 13.1. The van der Waals surface area contributed by atoms with Crippen LogP contribution in [0.25, 0.3) is 22.6 Å². The van der Waals surface area contributed by atoms with Crippen LogP contribution in [-0.4, -0.2) is 26.7 Å². The van der Waals surface area contributed by atoms with Gasteiger partial charge in [0.25, 0.3) is 0 Å². The van der Waals surface area contributed by atoms with Crippen molar-refractivity contribution < 1.29 is 9.84 Å². The summed E-state index contributed by atoms with van der Waals surface area (Å²) < 4.78 is 7.84. The van der Waals surface area contributed by atoms with Crippen LogP contribution in [0.1, 0.15) is 36.6 Å². The van der Waals surface area contributed by atoms with Crippen molar-refractivity contribution in [2.24, 2.45) is 0 Å². The van der Waals surface area contributed by atoms with Gasteiger partial charge in [-0.3, -0.25) is 4.90 Å². The van der Waals surface area contributed by atoms with E-state index in [9.17, 15) is 5.11 Å². The molecule has 0 aliphatic heterocycles. The number of benzene rings is 4. The molecule has 0 saturated heterocycles. The Kier molecular flexibility index (Phi) is 8.94. The fourth-order valence-electron chi connectivity index (χ4n) is 5.14. The molecule has 4 aromatic carbocycles. The van der Waals surface area contributed by atoms with Crippen LogP contribution in [0.2, 0.25) is 0 Å². The molecule has 5 heteroatoms. The highest BCUT2D eigenvalue weighted by molar-refractivity contribution is 5.68. The monoisotopic (exact) mass is 531 g/mol.